The van der Waals surface area contributed by atoms with Gasteiger partial charge in [-0.1, -0.05) is 121 Å². The van der Waals surface area contributed by atoms with E-state index < -0.39 is 29.5 Å². The summed E-state index contributed by atoms with van der Waals surface area (Å²) in [6.45, 7) is 12.3. The Morgan fingerprint density at radius 3 is 0.784 bits per heavy atom. The number of sulfone groups is 3. The summed E-state index contributed by atoms with van der Waals surface area (Å²) in [5.74, 6) is 0.190. The first-order valence-electron chi connectivity index (χ1n) is 36.1. The van der Waals surface area contributed by atoms with Crippen LogP contribution < -0.4 is 0 Å². The van der Waals surface area contributed by atoms with Crippen LogP contribution in [0.4, 0.5) is 0 Å². The number of halogens is 6. The van der Waals surface area contributed by atoms with Gasteiger partial charge >= 0.3 is 0 Å². The zero-order valence-electron chi connectivity index (χ0n) is 62.4. The number of benzene rings is 6. The molecule has 0 fully saturated rings. The molecule has 27 nitrogen and oxygen atoms in total. The van der Waals surface area contributed by atoms with Crippen LogP contribution in [0.25, 0.3) is 31.3 Å². The molecule has 0 amide bonds. The Morgan fingerprint density at radius 1 is 0.342 bits per heavy atom. The first kappa shape index (κ1) is 92.5. The number of nitrogens with zero attached hydrogens (tertiary/aromatic N) is 12. The number of likely N-dealkylation sites (N-methyl/N-ethyl adjacent to an activating group) is 3. The van der Waals surface area contributed by atoms with Gasteiger partial charge in [-0.3, -0.25) is 0 Å². The molecule has 0 saturated carbocycles. The van der Waals surface area contributed by atoms with Gasteiger partial charge in [0.15, 0.2) is 29.5 Å². The number of rotatable bonds is 45. The predicted molar refractivity (Wildman–Crippen MR) is 433 cm³/mol. The van der Waals surface area contributed by atoms with Gasteiger partial charge in [-0.15, -0.1) is 0 Å². The first-order valence-corrected chi connectivity index (χ1v) is 43.4. The summed E-state index contributed by atoms with van der Waals surface area (Å²) in [4.78, 5) is 15.4. The van der Waals surface area contributed by atoms with E-state index in [-0.39, 0.29) is 35.0 Å². The number of azide groups is 3. The largest absolute Gasteiger partial charge is 0.379 e. The molecular weight excluding hydrogens is 1620 g/mol. The fraction of sp³-hybridized carbons (Fsp3) is 0.520. The highest BCUT2D eigenvalue weighted by molar-refractivity contribution is 7.92. The van der Waals surface area contributed by atoms with Crippen LogP contribution in [-0.4, -0.2) is 237 Å². The van der Waals surface area contributed by atoms with Gasteiger partial charge in [0.05, 0.1) is 131 Å². The fourth-order valence-electron chi connectivity index (χ4n) is 12.6. The molecule has 0 N–H and O–H groups in total. The van der Waals surface area contributed by atoms with Crippen molar-refractivity contribution in [3.63, 3.8) is 0 Å². The maximum absolute atomic E-state index is 12.8. The molecule has 0 bridgehead atoms. The highest BCUT2D eigenvalue weighted by Gasteiger charge is 2.31. The lowest BCUT2D eigenvalue weighted by Crippen LogP contribution is -2.31. The van der Waals surface area contributed by atoms with E-state index in [0.717, 1.165) is 89.3 Å². The molecule has 0 spiro atoms. The molecule has 3 heterocycles. The summed E-state index contributed by atoms with van der Waals surface area (Å²) < 4.78 is 125. The monoisotopic (exact) mass is 1710 g/mol. The highest BCUT2D eigenvalue weighted by Crippen LogP contribution is 2.42. The van der Waals surface area contributed by atoms with Crippen LogP contribution in [0.2, 0.25) is 30.1 Å². The smallest absolute Gasteiger partial charge is 0.178 e. The van der Waals surface area contributed by atoms with Crippen molar-refractivity contribution in [3.05, 3.63) is 221 Å². The van der Waals surface area contributed by atoms with Crippen molar-refractivity contribution in [2.75, 3.05) is 197 Å². The molecule has 3 atom stereocenters. The van der Waals surface area contributed by atoms with E-state index in [1.165, 1.54) is 0 Å². The molecular formula is C75H96Cl6N12O15S3. The molecule has 0 saturated heterocycles. The topological polar surface area (TPSA) is 341 Å². The molecule has 0 aliphatic carbocycles. The molecule has 0 aromatic heterocycles. The Kier molecular flexibility index (Phi) is 41.1. The van der Waals surface area contributed by atoms with E-state index in [9.17, 15) is 25.3 Å². The summed E-state index contributed by atoms with van der Waals surface area (Å²) in [5.41, 5.74) is 34.0. The minimum Gasteiger partial charge on any atom is -0.379 e. The van der Waals surface area contributed by atoms with Crippen LogP contribution in [0.5, 0.6) is 0 Å². The Hall–Kier alpha value is -5.64. The Bertz CT molecular complexity index is 3960. The van der Waals surface area contributed by atoms with Crippen LogP contribution in [0.15, 0.2) is 139 Å². The second-order valence-electron chi connectivity index (χ2n) is 26.2. The molecule has 36 heteroatoms. The summed E-state index contributed by atoms with van der Waals surface area (Å²) in [6.07, 6.45) is 1.18. The van der Waals surface area contributed by atoms with Gasteiger partial charge in [-0.25, -0.2) is 25.3 Å². The van der Waals surface area contributed by atoms with Crippen molar-refractivity contribution in [1.82, 2.24) is 14.7 Å². The van der Waals surface area contributed by atoms with E-state index in [1.54, 1.807) is 54.6 Å². The average Bonchev–Trinajstić information content (AvgIpc) is 0.786. The maximum Gasteiger partial charge on any atom is 0.178 e. The summed E-state index contributed by atoms with van der Waals surface area (Å²) in [6, 6.07) is 32.5. The Balaban J connectivity index is 0.000000231. The molecule has 1 unspecified atom stereocenters. The number of ether oxygens (including phenoxy) is 9. The molecule has 6 aromatic rings. The van der Waals surface area contributed by atoms with Crippen LogP contribution in [0.3, 0.4) is 0 Å². The maximum atomic E-state index is 12.8. The molecule has 9 rings (SSSR count). The molecule has 3 aliphatic heterocycles. The minimum atomic E-state index is -3.42. The number of fused-ring (bicyclic) bond motifs is 3. The first-order chi connectivity index (χ1) is 53.4. The van der Waals surface area contributed by atoms with Crippen molar-refractivity contribution in [1.29, 1.82) is 0 Å². The summed E-state index contributed by atoms with van der Waals surface area (Å²) in [7, 11) is -4.13. The molecule has 111 heavy (non-hydrogen) atoms. The lowest BCUT2D eigenvalue weighted by molar-refractivity contribution is 0.0162. The van der Waals surface area contributed by atoms with Gasteiger partial charge in [-0.05, 0) is 180 Å². The average molecular weight is 1710 g/mol. The number of hydrogen-bond donors (Lipinski definition) is 0. The fourth-order valence-corrected chi connectivity index (χ4v) is 18.2. The van der Waals surface area contributed by atoms with Crippen molar-refractivity contribution in [2.24, 2.45) is 15.3 Å². The van der Waals surface area contributed by atoms with Gasteiger partial charge < -0.3 is 57.3 Å². The van der Waals surface area contributed by atoms with Crippen LogP contribution in [-0.2, 0) is 91.8 Å². The van der Waals surface area contributed by atoms with E-state index in [0.29, 0.717) is 203 Å². The number of hydrogen-bond acceptors (Lipinski definition) is 21. The van der Waals surface area contributed by atoms with E-state index in [2.05, 4.69) is 44.8 Å². The molecule has 3 aliphatic rings. The Labute approximate surface area is 680 Å². The molecule has 6 aromatic carbocycles. The quantitative estimate of drug-likeness (QED) is 0.0148. The lowest BCUT2D eigenvalue weighted by atomic mass is 9.85. The second kappa shape index (κ2) is 49.3. The minimum absolute atomic E-state index is 0.00639. The third-order valence-electron chi connectivity index (χ3n) is 17.9. The predicted octanol–water partition coefficient (Wildman–Crippen LogP) is 15.3. The van der Waals surface area contributed by atoms with Crippen molar-refractivity contribution in [3.8, 4) is 0 Å². The SMILES string of the molecule is CN1Cc2c(Cl)cc(Cl)cc2C(c2ccc(S(=O)(=O)CCCOCCOCCOCCN=[N+]=[N-])cc2)C1.CN1Cc2c(Cl)cc(Cl)cc2[C@@H](c2ccc(S(=O)(=O)CCCOCCOCCOCCN=[N+]=[N-])cc2)C1.CN1Cc2c(Cl)cc(Cl)cc2[C@H](c2ccc(S(=O)(=O)CCCOCCOCCOCCN=[N+]=[N-])cc2)C1. The molecule has 0 radical (unpaired) electrons. The zero-order valence-corrected chi connectivity index (χ0v) is 69.4. The van der Waals surface area contributed by atoms with Crippen molar-refractivity contribution in [2.45, 2.75) is 71.3 Å². The van der Waals surface area contributed by atoms with Gasteiger partial charge in [-0.2, -0.15) is 0 Å². The van der Waals surface area contributed by atoms with Crippen LogP contribution in [0, 0.1) is 0 Å². The lowest BCUT2D eigenvalue weighted by Gasteiger charge is -2.33. The van der Waals surface area contributed by atoms with Crippen LogP contribution in [0.1, 0.15) is 87.1 Å². The Morgan fingerprint density at radius 2 is 0.559 bits per heavy atom. The second-order valence-corrected chi connectivity index (χ2v) is 35.1. The van der Waals surface area contributed by atoms with Gasteiger partial charge in [0.2, 0.25) is 0 Å². The van der Waals surface area contributed by atoms with E-state index in [1.807, 2.05) is 75.7 Å². The standard InChI is InChI=1S/3C25H32Cl2N4O5S/c3*1-31-17-23(22-15-20(26)16-25(27)24(22)18-31)19-3-5-21(6-4-19)37(32,33)14-2-8-34-10-12-36-13-11-35-9-7-29-30-28/h3*3-6,15-16,23H,2,7-14,17-18H2,1H3/t2*23-;/m10./s1. The summed E-state index contributed by atoms with van der Waals surface area (Å²) >= 11 is 38.2. The summed E-state index contributed by atoms with van der Waals surface area (Å²) in [5, 5.41) is 13.8. The van der Waals surface area contributed by atoms with Gasteiger partial charge in [0, 0.05) is 141 Å². The van der Waals surface area contributed by atoms with Crippen LogP contribution >= 0.6 is 69.6 Å². The van der Waals surface area contributed by atoms with E-state index in [4.69, 9.17) is 129 Å². The molecule has 606 valence electrons. The van der Waals surface area contributed by atoms with Crippen molar-refractivity contribution >= 4 is 99.1 Å². The normalized spacial score (nSPS) is 15.8. The van der Waals surface area contributed by atoms with Gasteiger partial charge in [0.1, 0.15) is 0 Å². The third-order valence-corrected chi connectivity index (χ3v) is 25.1. The van der Waals surface area contributed by atoms with E-state index >= 15 is 0 Å². The van der Waals surface area contributed by atoms with Crippen molar-refractivity contribution < 1.29 is 67.9 Å². The highest BCUT2D eigenvalue weighted by atomic mass is 35.5. The third kappa shape index (κ3) is 31.5. The zero-order chi connectivity index (χ0) is 80.0. The van der Waals surface area contributed by atoms with Gasteiger partial charge in [0.25, 0.3) is 0 Å².